The minimum atomic E-state index is -0.750. The topological polar surface area (TPSA) is 29.5 Å². The summed E-state index contributed by atoms with van der Waals surface area (Å²) in [4.78, 5) is 0. The number of halogens is 3. The van der Waals surface area contributed by atoms with Crippen molar-refractivity contribution in [1.29, 1.82) is 0 Å². The summed E-state index contributed by atoms with van der Waals surface area (Å²) < 4.78 is 18.8. The summed E-state index contributed by atoms with van der Waals surface area (Å²) >= 11 is 9.02. The first-order valence-corrected chi connectivity index (χ1v) is 7.14. The van der Waals surface area contributed by atoms with Crippen molar-refractivity contribution in [3.05, 3.63) is 62.8 Å². The van der Waals surface area contributed by atoms with E-state index in [9.17, 15) is 9.50 Å². The summed E-state index contributed by atoms with van der Waals surface area (Å²) in [5, 5.41) is 10.8. The van der Waals surface area contributed by atoms with Crippen molar-refractivity contribution in [3.8, 4) is 5.75 Å². The molecule has 0 aromatic heterocycles. The Kier molecular flexibility index (Phi) is 5.02. The highest BCUT2D eigenvalue weighted by molar-refractivity contribution is 9.10. The van der Waals surface area contributed by atoms with E-state index in [1.807, 2.05) is 0 Å². The maximum Gasteiger partial charge on any atom is 0.137 e. The van der Waals surface area contributed by atoms with Crippen LogP contribution in [0.15, 0.2) is 40.9 Å². The van der Waals surface area contributed by atoms with Crippen LogP contribution in [0.1, 0.15) is 17.2 Å². The van der Waals surface area contributed by atoms with Gasteiger partial charge < -0.3 is 9.84 Å². The van der Waals surface area contributed by atoms with Crippen molar-refractivity contribution < 1.29 is 14.2 Å². The normalized spacial score (nSPS) is 12.2. The Labute approximate surface area is 130 Å². The maximum atomic E-state index is 13.2. The molecule has 0 aliphatic carbocycles. The van der Waals surface area contributed by atoms with Crippen molar-refractivity contribution in [2.24, 2.45) is 0 Å². The fraction of sp³-hybridized carbons (Fsp3) is 0.200. The summed E-state index contributed by atoms with van der Waals surface area (Å²) in [6, 6.07) is 9.74. The van der Waals surface area contributed by atoms with E-state index in [0.717, 1.165) is 5.56 Å². The lowest BCUT2D eigenvalue weighted by molar-refractivity contribution is 0.174. The van der Waals surface area contributed by atoms with Gasteiger partial charge in [0.2, 0.25) is 0 Å². The highest BCUT2D eigenvalue weighted by atomic mass is 79.9. The lowest BCUT2D eigenvalue weighted by Crippen LogP contribution is -2.04. The van der Waals surface area contributed by atoms with Gasteiger partial charge in [0.25, 0.3) is 0 Å². The van der Waals surface area contributed by atoms with Gasteiger partial charge in [0.05, 0.1) is 17.7 Å². The van der Waals surface area contributed by atoms with Crippen LogP contribution in [0.2, 0.25) is 5.02 Å². The van der Waals surface area contributed by atoms with Crippen LogP contribution in [-0.2, 0) is 6.42 Å². The summed E-state index contributed by atoms with van der Waals surface area (Å²) in [6.45, 7) is 0. The first-order valence-electron chi connectivity index (χ1n) is 5.96. The SMILES string of the molecule is COc1cc(Cl)ccc1C(O)Cc1ccc(F)c(Br)c1. The third-order valence-electron chi connectivity index (χ3n) is 2.97. The van der Waals surface area contributed by atoms with Crippen LogP contribution in [0.25, 0.3) is 0 Å². The van der Waals surface area contributed by atoms with E-state index in [4.69, 9.17) is 16.3 Å². The van der Waals surface area contributed by atoms with Gasteiger partial charge in [-0.2, -0.15) is 0 Å². The second-order valence-electron chi connectivity index (χ2n) is 4.35. The lowest BCUT2D eigenvalue weighted by atomic mass is 10.0. The predicted octanol–water partition coefficient (Wildman–Crippen LogP) is 4.53. The maximum absolute atomic E-state index is 13.2. The van der Waals surface area contributed by atoms with E-state index < -0.39 is 6.10 Å². The molecule has 2 aromatic carbocycles. The van der Waals surface area contributed by atoms with Gasteiger partial charge in [-0.3, -0.25) is 0 Å². The van der Waals surface area contributed by atoms with Crippen LogP contribution in [0.3, 0.4) is 0 Å². The van der Waals surface area contributed by atoms with E-state index in [1.54, 1.807) is 30.3 Å². The molecule has 106 valence electrons. The van der Waals surface area contributed by atoms with Gasteiger partial charge >= 0.3 is 0 Å². The quantitative estimate of drug-likeness (QED) is 0.869. The van der Waals surface area contributed by atoms with Gasteiger partial charge in [-0.05, 0) is 45.8 Å². The zero-order valence-corrected chi connectivity index (χ0v) is 13.1. The second kappa shape index (κ2) is 6.57. The third-order valence-corrected chi connectivity index (χ3v) is 3.81. The Hall–Kier alpha value is -1.10. The molecule has 0 radical (unpaired) electrons. The number of methoxy groups -OCH3 is 1. The number of hydrogen-bond acceptors (Lipinski definition) is 2. The van der Waals surface area contributed by atoms with Crippen molar-refractivity contribution in [1.82, 2.24) is 0 Å². The Morgan fingerprint density at radius 2 is 2.05 bits per heavy atom. The van der Waals surface area contributed by atoms with Crippen LogP contribution < -0.4 is 4.74 Å². The molecule has 0 saturated heterocycles. The average molecular weight is 360 g/mol. The summed E-state index contributed by atoms with van der Waals surface area (Å²) in [7, 11) is 1.52. The predicted molar refractivity (Wildman–Crippen MR) is 80.8 cm³/mol. The Balaban J connectivity index is 2.23. The van der Waals surface area contributed by atoms with Crippen molar-refractivity contribution in [2.45, 2.75) is 12.5 Å². The molecule has 0 bridgehead atoms. The zero-order chi connectivity index (χ0) is 14.7. The van der Waals surface area contributed by atoms with Crippen LogP contribution >= 0.6 is 27.5 Å². The van der Waals surface area contributed by atoms with E-state index in [1.165, 1.54) is 13.2 Å². The molecular weight excluding hydrogens is 347 g/mol. The molecule has 2 rings (SSSR count). The summed E-state index contributed by atoms with van der Waals surface area (Å²) in [5.41, 5.74) is 1.47. The largest absolute Gasteiger partial charge is 0.496 e. The summed E-state index contributed by atoms with van der Waals surface area (Å²) in [5.74, 6) is 0.207. The average Bonchev–Trinajstić information content (AvgIpc) is 2.42. The molecule has 0 aliphatic rings. The van der Waals surface area contributed by atoms with Crippen molar-refractivity contribution in [2.75, 3.05) is 7.11 Å². The number of rotatable bonds is 4. The molecule has 0 amide bonds. The molecule has 1 unspecified atom stereocenters. The molecule has 0 aliphatic heterocycles. The number of hydrogen-bond donors (Lipinski definition) is 1. The molecule has 0 fully saturated rings. The molecule has 2 aromatic rings. The van der Waals surface area contributed by atoms with Crippen molar-refractivity contribution in [3.63, 3.8) is 0 Å². The molecule has 0 saturated carbocycles. The van der Waals surface area contributed by atoms with Gasteiger partial charge in [-0.25, -0.2) is 4.39 Å². The minimum Gasteiger partial charge on any atom is -0.496 e. The molecule has 0 spiro atoms. The van der Waals surface area contributed by atoms with Crippen molar-refractivity contribution >= 4 is 27.5 Å². The van der Waals surface area contributed by atoms with E-state index >= 15 is 0 Å². The first-order chi connectivity index (χ1) is 9.51. The molecule has 1 atom stereocenters. The van der Waals surface area contributed by atoms with Gasteiger partial charge in [0.15, 0.2) is 0 Å². The zero-order valence-electron chi connectivity index (χ0n) is 10.7. The molecule has 2 nitrogen and oxygen atoms in total. The number of ether oxygens (including phenoxy) is 1. The molecule has 5 heteroatoms. The monoisotopic (exact) mass is 358 g/mol. The molecule has 20 heavy (non-hydrogen) atoms. The van der Waals surface area contributed by atoms with E-state index in [0.29, 0.717) is 27.2 Å². The lowest BCUT2D eigenvalue weighted by Gasteiger charge is -2.15. The molecule has 1 N–H and O–H groups in total. The van der Waals surface area contributed by atoms with E-state index in [2.05, 4.69) is 15.9 Å². The van der Waals surface area contributed by atoms with Gasteiger partial charge in [-0.1, -0.05) is 23.7 Å². The third kappa shape index (κ3) is 3.51. The highest BCUT2D eigenvalue weighted by Crippen LogP contribution is 2.30. The smallest absolute Gasteiger partial charge is 0.137 e. The van der Waals surface area contributed by atoms with Crippen LogP contribution in [0.5, 0.6) is 5.75 Å². The first kappa shape index (κ1) is 15.3. The fourth-order valence-electron chi connectivity index (χ4n) is 1.96. The number of aliphatic hydroxyl groups excluding tert-OH is 1. The van der Waals surface area contributed by atoms with Gasteiger partial charge in [0.1, 0.15) is 11.6 Å². The second-order valence-corrected chi connectivity index (χ2v) is 5.65. The Bertz CT molecular complexity index is 619. The highest BCUT2D eigenvalue weighted by Gasteiger charge is 2.15. The fourth-order valence-corrected chi connectivity index (χ4v) is 2.55. The van der Waals surface area contributed by atoms with E-state index in [-0.39, 0.29) is 5.82 Å². The van der Waals surface area contributed by atoms with Gasteiger partial charge in [-0.15, -0.1) is 0 Å². The molecular formula is C15H13BrClFO2. The minimum absolute atomic E-state index is 0.327. The van der Waals surface area contributed by atoms with Crippen LogP contribution in [0, 0.1) is 5.82 Å². The Morgan fingerprint density at radius 1 is 1.30 bits per heavy atom. The van der Waals surface area contributed by atoms with Crippen LogP contribution in [-0.4, -0.2) is 12.2 Å². The van der Waals surface area contributed by atoms with Crippen LogP contribution in [0.4, 0.5) is 4.39 Å². The number of benzene rings is 2. The standard InChI is InChI=1S/C15H13BrClFO2/c1-20-15-8-10(17)3-4-11(15)14(19)7-9-2-5-13(18)12(16)6-9/h2-6,8,14,19H,7H2,1H3. The summed E-state index contributed by atoms with van der Waals surface area (Å²) in [6.07, 6.45) is -0.392. The van der Waals surface area contributed by atoms with Gasteiger partial charge in [0, 0.05) is 17.0 Å². The number of aliphatic hydroxyl groups is 1. The molecule has 0 heterocycles. The Morgan fingerprint density at radius 3 is 2.70 bits per heavy atom.